The summed E-state index contributed by atoms with van der Waals surface area (Å²) in [5.41, 5.74) is -1.21. The van der Waals surface area contributed by atoms with E-state index in [1.165, 1.54) is 11.0 Å². The van der Waals surface area contributed by atoms with Gasteiger partial charge in [0.15, 0.2) is 0 Å². The third kappa shape index (κ3) is 8.59. The fraction of sp³-hybridized carbons (Fsp3) is 0.640. The number of amides is 3. The van der Waals surface area contributed by atoms with E-state index in [1.54, 1.807) is 66.7 Å². The largest absolute Gasteiger partial charge is 0.508 e. The molecular formula is C25H41N3O5. The Bertz CT molecular complexity index is 826. The van der Waals surface area contributed by atoms with Crippen LogP contribution in [-0.2, 0) is 14.3 Å². The number of para-hydroxylation sites is 1. The van der Waals surface area contributed by atoms with E-state index < -0.39 is 41.1 Å². The molecular weight excluding hydrogens is 422 g/mol. The molecule has 3 atom stereocenters. The Morgan fingerprint density at radius 1 is 1.03 bits per heavy atom. The number of phenolic OH excluding ortho intramolecular Hbond substituents is 1. The fourth-order valence-corrected chi connectivity index (χ4v) is 3.54. The number of carbonyl (C=O) groups is 3. The number of hydrogen-bond donors (Lipinski definition) is 3. The van der Waals surface area contributed by atoms with Gasteiger partial charge < -0.3 is 25.4 Å². The van der Waals surface area contributed by atoms with Crippen LogP contribution in [-0.4, -0.2) is 51.1 Å². The van der Waals surface area contributed by atoms with Gasteiger partial charge in [-0.1, -0.05) is 31.5 Å². The van der Waals surface area contributed by atoms with Crippen LogP contribution in [0.4, 0.5) is 4.79 Å². The summed E-state index contributed by atoms with van der Waals surface area (Å²) in [6, 6.07) is 4.31. The molecule has 0 heterocycles. The maximum atomic E-state index is 13.6. The zero-order valence-electron chi connectivity index (χ0n) is 21.5. The number of nitrogens with one attached hydrogen (secondary N) is 2. The second-order valence-corrected chi connectivity index (χ2v) is 10.4. The van der Waals surface area contributed by atoms with Crippen molar-refractivity contribution >= 4 is 17.9 Å². The van der Waals surface area contributed by atoms with Crippen LogP contribution in [0.2, 0.25) is 0 Å². The predicted octanol–water partition coefficient (Wildman–Crippen LogP) is 4.28. The van der Waals surface area contributed by atoms with Crippen molar-refractivity contribution in [2.45, 2.75) is 104 Å². The molecule has 1 aromatic rings. The molecule has 1 rings (SSSR count). The molecule has 3 amide bonds. The molecule has 186 valence electrons. The summed E-state index contributed by atoms with van der Waals surface area (Å²) in [5, 5.41) is 16.1. The zero-order chi connectivity index (χ0) is 25.6. The number of hydrogen-bond acceptors (Lipinski definition) is 5. The third-order valence-corrected chi connectivity index (χ3v) is 4.91. The van der Waals surface area contributed by atoms with Crippen molar-refractivity contribution in [3.8, 4) is 5.75 Å². The van der Waals surface area contributed by atoms with E-state index in [2.05, 4.69) is 10.6 Å². The molecule has 0 aliphatic heterocycles. The quantitative estimate of drug-likeness (QED) is 0.533. The molecule has 1 aromatic carbocycles. The highest BCUT2D eigenvalue weighted by molar-refractivity contribution is 5.93. The van der Waals surface area contributed by atoms with E-state index in [0.29, 0.717) is 5.56 Å². The first-order valence-electron chi connectivity index (χ1n) is 11.5. The Labute approximate surface area is 198 Å². The van der Waals surface area contributed by atoms with E-state index in [-0.39, 0.29) is 11.8 Å². The average Bonchev–Trinajstić information content (AvgIpc) is 2.63. The highest BCUT2D eigenvalue weighted by atomic mass is 16.6. The van der Waals surface area contributed by atoms with Gasteiger partial charge in [0.1, 0.15) is 23.4 Å². The van der Waals surface area contributed by atoms with Gasteiger partial charge >= 0.3 is 6.09 Å². The van der Waals surface area contributed by atoms with Crippen molar-refractivity contribution < 1.29 is 24.2 Å². The molecule has 0 bridgehead atoms. The topological polar surface area (TPSA) is 108 Å². The first kappa shape index (κ1) is 28.3. The lowest BCUT2D eigenvalue weighted by molar-refractivity contribution is -0.148. The van der Waals surface area contributed by atoms with Gasteiger partial charge in [-0.05, 0) is 67.9 Å². The van der Waals surface area contributed by atoms with Crippen LogP contribution in [0, 0.1) is 0 Å². The number of aromatic hydroxyl groups is 1. The monoisotopic (exact) mass is 463 g/mol. The molecule has 0 saturated carbocycles. The van der Waals surface area contributed by atoms with Gasteiger partial charge in [-0.2, -0.15) is 0 Å². The summed E-state index contributed by atoms with van der Waals surface area (Å²) < 4.78 is 5.28. The van der Waals surface area contributed by atoms with E-state index in [1.807, 2.05) is 13.8 Å². The standard InChI is InChI=1S/C25H41N3O5/c1-10-13-16(2)26-21(30)20(18-14-11-12-15-19(18)29)28(24(4,5)6)22(31)17(3)27-23(32)33-25(7,8)9/h11-12,14-17,20,29H,10,13H2,1-9H3,(H,26,30)(H,27,32). The molecule has 0 spiro atoms. The van der Waals surface area contributed by atoms with E-state index >= 15 is 0 Å². The van der Waals surface area contributed by atoms with Crippen LogP contribution in [0.1, 0.15) is 86.8 Å². The molecule has 0 saturated heterocycles. The van der Waals surface area contributed by atoms with Gasteiger partial charge in [-0.15, -0.1) is 0 Å². The minimum atomic E-state index is -1.10. The number of benzene rings is 1. The molecule has 0 aliphatic carbocycles. The average molecular weight is 464 g/mol. The molecule has 0 aromatic heterocycles. The van der Waals surface area contributed by atoms with E-state index in [4.69, 9.17) is 4.74 Å². The molecule has 8 nitrogen and oxygen atoms in total. The zero-order valence-corrected chi connectivity index (χ0v) is 21.5. The van der Waals surface area contributed by atoms with Gasteiger partial charge in [0, 0.05) is 17.1 Å². The number of carbonyl (C=O) groups excluding carboxylic acids is 3. The summed E-state index contributed by atoms with van der Waals surface area (Å²) in [6.45, 7) is 16.1. The third-order valence-electron chi connectivity index (χ3n) is 4.91. The van der Waals surface area contributed by atoms with Crippen LogP contribution in [0.25, 0.3) is 0 Å². The summed E-state index contributed by atoms with van der Waals surface area (Å²) in [4.78, 5) is 40.8. The normalized spacial score (nSPS) is 14.6. The second-order valence-electron chi connectivity index (χ2n) is 10.4. The summed E-state index contributed by atoms with van der Waals surface area (Å²) in [7, 11) is 0. The van der Waals surface area contributed by atoms with Crippen molar-refractivity contribution in [2.75, 3.05) is 0 Å². The van der Waals surface area contributed by atoms with Gasteiger partial charge in [-0.3, -0.25) is 9.59 Å². The van der Waals surface area contributed by atoms with Gasteiger partial charge in [-0.25, -0.2) is 4.79 Å². The maximum absolute atomic E-state index is 13.6. The molecule has 3 N–H and O–H groups in total. The Morgan fingerprint density at radius 2 is 1.61 bits per heavy atom. The van der Waals surface area contributed by atoms with Crippen LogP contribution in [0.15, 0.2) is 24.3 Å². The Morgan fingerprint density at radius 3 is 2.09 bits per heavy atom. The molecule has 0 aliphatic rings. The first-order chi connectivity index (χ1) is 15.1. The minimum absolute atomic E-state index is 0.0874. The number of ether oxygens (including phenoxy) is 1. The van der Waals surface area contributed by atoms with Gasteiger partial charge in [0.25, 0.3) is 0 Å². The maximum Gasteiger partial charge on any atom is 0.408 e. The van der Waals surface area contributed by atoms with Crippen LogP contribution < -0.4 is 10.6 Å². The lowest BCUT2D eigenvalue weighted by Gasteiger charge is -2.43. The predicted molar refractivity (Wildman–Crippen MR) is 129 cm³/mol. The van der Waals surface area contributed by atoms with Crippen LogP contribution in [0.3, 0.4) is 0 Å². The lowest BCUT2D eigenvalue weighted by Crippen LogP contribution is -2.58. The highest BCUT2D eigenvalue weighted by Crippen LogP contribution is 2.34. The summed E-state index contributed by atoms with van der Waals surface area (Å²) in [5.74, 6) is -0.958. The number of alkyl carbamates (subject to hydrolysis) is 1. The number of rotatable bonds is 8. The SMILES string of the molecule is CCCC(C)NC(=O)C(c1ccccc1O)N(C(=O)C(C)NC(=O)OC(C)(C)C)C(C)(C)C. The summed E-state index contributed by atoms with van der Waals surface area (Å²) >= 11 is 0. The van der Waals surface area contributed by atoms with Crippen LogP contribution >= 0.6 is 0 Å². The Hall–Kier alpha value is -2.77. The van der Waals surface area contributed by atoms with Crippen LogP contribution in [0.5, 0.6) is 5.75 Å². The molecule has 0 radical (unpaired) electrons. The van der Waals surface area contributed by atoms with Crippen molar-refractivity contribution in [2.24, 2.45) is 0 Å². The van der Waals surface area contributed by atoms with Gasteiger partial charge in [0.05, 0.1) is 0 Å². The van der Waals surface area contributed by atoms with E-state index in [0.717, 1.165) is 12.8 Å². The van der Waals surface area contributed by atoms with Crippen molar-refractivity contribution in [3.05, 3.63) is 29.8 Å². The minimum Gasteiger partial charge on any atom is -0.508 e. The van der Waals surface area contributed by atoms with Crippen molar-refractivity contribution in [1.82, 2.24) is 15.5 Å². The smallest absolute Gasteiger partial charge is 0.408 e. The molecule has 3 unspecified atom stereocenters. The summed E-state index contributed by atoms with van der Waals surface area (Å²) in [6.07, 6.45) is 0.943. The Kier molecular flexibility index (Phi) is 9.75. The highest BCUT2D eigenvalue weighted by Gasteiger charge is 2.41. The van der Waals surface area contributed by atoms with E-state index in [9.17, 15) is 19.5 Å². The number of nitrogens with zero attached hydrogens (tertiary/aromatic N) is 1. The second kappa shape index (κ2) is 11.4. The Balaban J connectivity index is 3.40. The van der Waals surface area contributed by atoms with Gasteiger partial charge in [0.2, 0.25) is 11.8 Å². The van der Waals surface area contributed by atoms with Crippen molar-refractivity contribution in [3.63, 3.8) is 0 Å². The van der Waals surface area contributed by atoms with Crippen molar-refractivity contribution in [1.29, 1.82) is 0 Å². The molecule has 0 fully saturated rings. The fourth-order valence-electron chi connectivity index (χ4n) is 3.54. The lowest BCUT2D eigenvalue weighted by atomic mass is 9.94. The molecule has 33 heavy (non-hydrogen) atoms. The first-order valence-corrected chi connectivity index (χ1v) is 11.5. The molecule has 8 heteroatoms. The number of phenols is 1.